The van der Waals surface area contributed by atoms with Crippen LogP contribution in [0.15, 0.2) is 42.5 Å². The number of rotatable bonds is 6. The molecule has 2 amide bonds. The van der Waals surface area contributed by atoms with Crippen molar-refractivity contribution in [2.45, 2.75) is 19.5 Å². The molecule has 7 heteroatoms. The first-order chi connectivity index (χ1) is 13.0. The van der Waals surface area contributed by atoms with Gasteiger partial charge in [-0.05, 0) is 43.8 Å². The van der Waals surface area contributed by atoms with E-state index < -0.39 is 0 Å². The molecule has 142 valence electrons. The summed E-state index contributed by atoms with van der Waals surface area (Å²) in [6.45, 7) is 2.63. The Balaban J connectivity index is 1.58. The van der Waals surface area contributed by atoms with Crippen LogP contribution in [-0.4, -0.2) is 43.6 Å². The molecule has 2 aromatic carbocycles. The summed E-state index contributed by atoms with van der Waals surface area (Å²) in [6, 6.07) is 12.3. The van der Waals surface area contributed by atoms with Crippen LogP contribution in [0.4, 0.5) is 5.69 Å². The highest BCUT2D eigenvalue weighted by Gasteiger charge is 2.20. The van der Waals surface area contributed by atoms with Crippen LogP contribution in [0.1, 0.15) is 22.8 Å². The number of nitrogens with one attached hydrogen (secondary N) is 2. The highest BCUT2D eigenvalue weighted by molar-refractivity contribution is 5.95. The van der Waals surface area contributed by atoms with Gasteiger partial charge in [0.05, 0.1) is 6.04 Å². The van der Waals surface area contributed by atoms with Gasteiger partial charge in [0.15, 0.2) is 11.5 Å². The van der Waals surface area contributed by atoms with Gasteiger partial charge in [0.1, 0.15) is 0 Å². The van der Waals surface area contributed by atoms with E-state index in [0.29, 0.717) is 29.3 Å². The maximum absolute atomic E-state index is 12.5. The first-order valence-corrected chi connectivity index (χ1v) is 8.69. The lowest BCUT2D eigenvalue weighted by Crippen LogP contribution is -2.39. The normalized spacial score (nSPS) is 13.3. The Morgan fingerprint density at radius 3 is 2.52 bits per heavy atom. The van der Waals surface area contributed by atoms with Gasteiger partial charge in [-0.2, -0.15) is 0 Å². The number of carbonyl (C=O) groups is 2. The first kappa shape index (κ1) is 18.7. The largest absolute Gasteiger partial charge is 0.454 e. The quantitative estimate of drug-likeness (QED) is 0.816. The standard InChI is InChI=1S/C20H23N3O4/c1-13(19(24)22-16-8-9-17-18(10-16)27-12-26-17)23(3)11-14-4-6-15(7-5-14)20(25)21-2/h4-10,13H,11-12H2,1-3H3,(H,21,25)(H,22,24)/t13-/m0/s1. The second-order valence-electron chi connectivity index (χ2n) is 6.42. The molecule has 0 unspecified atom stereocenters. The molecule has 2 N–H and O–H groups in total. The molecule has 0 saturated heterocycles. The van der Waals surface area contributed by atoms with Crippen molar-refractivity contribution in [1.82, 2.24) is 10.2 Å². The van der Waals surface area contributed by atoms with Gasteiger partial charge in [0.2, 0.25) is 12.7 Å². The van der Waals surface area contributed by atoms with E-state index in [4.69, 9.17) is 9.47 Å². The summed E-state index contributed by atoms with van der Waals surface area (Å²) in [5, 5.41) is 5.49. The zero-order chi connectivity index (χ0) is 19.4. The average Bonchev–Trinajstić information content (AvgIpc) is 3.15. The summed E-state index contributed by atoms with van der Waals surface area (Å²) in [4.78, 5) is 26.1. The maximum Gasteiger partial charge on any atom is 0.251 e. The second-order valence-corrected chi connectivity index (χ2v) is 6.42. The van der Waals surface area contributed by atoms with Crippen LogP contribution in [0.3, 0.4) is 0 Å². The van der Waals surface area contributed by atoms with Gasteiger partial charge in [0, 0.05) is 30.9 Å². The van der Waals surface area contributed by atoms with Crippen LogP contribution in [0.5, 0.6) is 11.5 Å². The Hall–Kier alpha value is -3.06. The molecule has 7 nitrogen and oxygen atoms in total. The third kappa shape index (κ3) is 4.38. The molecule has 0 aliphatic carbocycles. The van der Waals surface area contributed by atoms with Gasteiger partial charge in [0.25, 0.3) is 5.91 Å². The van der Waals surface area contributed by atoms with Gasteiger partial charge >= 0.3 is 0 Å². The molecule has 1 aliphatic rings. The molecule has 1 atom stereocenters. The van der Waals surface area contributed by atoms with Gasteiger partial charge in [-0.1, -0.05) is 12.1 Å². The summed E-state index contributed by atoms with van der Waals surface area (Å²) in [7, 11) is 3.49. The first-order valence-electron chi connectivity index (χ1n) is 8.69. The minimum atomic E-state index is -0.339. The predicted molar refractivity (Wildman–Crippen MR) is 102 cm³/mol. The summed E-state index contributed by atoms with van der Waals surface area (Å²) in [6.07, 6.45) is 0. The molecular weight excluding hydrogens is 346 g/mol. The van der Waals surface area contributed by atoms with E-state index in [9.17, 15) is 9.59 Å². The number of hydrogen-bond acceptors (Lipinski definition) is 5. The van der Waals surface area contributed by atoms with Gasteiger partial charge < -0.3 is 20.1 Å². The highest BCUT2D eigenvalue weighted by atomic mass is 16.7. The number of ether oxygens (including phenoxy) is 2. The van der Waals surface area contributed by atoms with Crippen molar-refractivity contribution in [1.29, 1.82) is 0 Å². The molecule has 3 rings (SSSR count). The number of hydrogen-bond donors (Lipinski definition) is 2. The number of anilines is 1. The van der Waals surface area contributed by atoms with Crippen molar-refractivity contribution in [2.24, 2.45) is 0 Å². The Morgan fingerprint density at radius 1 is 1.11 bits per heavy atom. The minimum absolute atomic E-state index is 0.113. The van der Waals surface area contributed by atoms with E-state index in [1.54, 1.807) is 37.4 Å². The zero-order valence-corrected chi connectivity index (χ0v) is 15.6. The van der Waals surface area contributed by atoms with Crippen LogP contribution in [0, 0.1) is 0 Å². The van der Waals surface area contributed by atoms with E-state index in [1.165, 1.54) is 0 Å². The fourth-order valence-electron chi connectivity index (χ4n) is 2.75. The third-order valence-corrected chi connectivity index (χ3v) is 4.56. The summed E-state index contributed by atoms with van der Waals surface area (Å²) in [5.41, 5.74) is 2.30. The zero-order valence-electron chi connectivity index (χ0n) is 15.6. The highest BCUT2D eigenvalue weighted by Crippen LogP contribution is 2.34. The Kier molecular flexibility index (Phi) is 5.61. The van der Waals surface area contributed by atoms with Crippen molar-refractivity contribution >= 4 is 17.5 Å². The van der Waals surface area contributed by atoms with Crippen molar-refractivity contribution in [3.05, 3.63) is 53.6 Å². The van der Waals surface area contributed by atoms with Crippen LogP contribution in [0.25, 0.3) is 0 Å². The van der Waals surface area contributed by atoms with E-state index in [1.807, 2.05) is 31.0 Å². The summed E-state index contributed by atoms with van der Waals surface area (Å²) in [5.74, 6) is 1.08. The number of likely N-dealkylation sites (N-methyl/N-ethyl adjacent to an activating group) is 1. The topological polar surface area (TPSA) is 79.9 Å². The molecule has 1 aliphatic heterocycles. The molecule has 0 fully saturated rings. The fourth-order valence-corrected chi connectivity index (χ4v) is 2.75. The van der Waals surface area contributed by atoms with E-state index >= 15 is 0 Å². The number of amides is 2. The summed E-state index contributed by atoms with van der Waals surface area (Å²) < 4.78 is 10.6. The Bertz CT molecular complexity index is 836. The van der Waals surface area contributed by atoms with Gasteiger partial charge in [-0.15, -0.1) is 0 Å². The number of nitrogens with zero attached hydrogens (tertiary/aromatic N) is 1. The predicted octanol–water partition coefficient (Wildman–Crippen LogP) is 2.23. The number of benzene rings is 2. The Labute approximate surface area is 158 Å². The third-order valence-electron chi connectivity index (χ3n) is 4.56. The van der Waals surface area contributed by atoms with Crippen LogP contribution in [0.2, 0.25) is 0 Å². The lowest BCUT2D eigenvalue weighted by molar-refractivity contribution is -0.120. The fraction of sp³-hybridized carbons (Fsp3) is 0.300. The van der Waals surface area contributed by atoms with Crippen molar-refractivity contribution in [2.75, 3.05) is 26.2 Å². The van der Waals surface area contributed by atoms with Gasteiger partial charge in [-0.25, -0.2) is 0 Å². The molecular formula is C20H23N3O4. The Morgan fingerprint density at radius 2 is 1.81 bits per heavy atom. The molecule has 27 heavy (non-hydrogen) atoms. The van der Waals surface area contributed by atoms with Crippen LogP contribution < -0.4 is 20.1 Å². The molecule has 0 radical (unpaired) electrons. The molecule has 0 bridgehead atoms. The smallest absolute Gasteiger partial charge is 0.251 e. The van der Waals surface area contributed by atoms with Crippen LogP contribution in [-0.2, 0) is 11.3 Å². The lowest BCUT2D eigenvalue weighted by atomic mass is 10.1. The van der Waals surface area contributed by atoms with Crippen molar-refractivity contribution in [3.63, 3.8) is 0 Å². The number of fused-ring (bicyclic) bond motifs is 1. The average molecular weight is 369 g/mol. The maximum atomic E-state index is 12.5. The van der Waals surface area contributed by atoms with E-state index in [-0.39, 0.29) is 24.6 Å². The molecule has 1 heterocycles. The SMILES string of the molecule is CNC(=O)c1ccc(CN(C)[C@@H](C)C(=O)Nc2ccc3c(c2)OCO3)cc1. The number of carbonyl (C=O) groups excluding carboxylic acids is 2. The monoisotopic (exact) mass is 369 g/mol. The minimum Gasteiger partial charge on any atom is -0.454 e. The van der Waals surface area contributed by atoms with Crippen molar-refractivity contribution in [3.8, 4) is 11.5 Å². The van der Waals surface area contributed by atoms with Crippen LogP contribution >= 0.6 is 0 Å². The second kappa shape index (κ2) is 8.09. The van der Waals surface area contributed by atoms with E-state index in [2.05, 4.69) is 10.6 Å². The summed E-state index contributed by atoms with van der Waals surface area (Å²) >= 11 is 0. The van der Waals surface area contributed by atoms with E-state index in [0.717, 1.165) is 5.56 Å². The lowest BCUT2D eigenvalue weighted by Gasteiger charge is -2.24. The molecule has 0 aromatic heterocycles. The van der Waals surface area contributed by atoms with Gasteiger partial charge in [-0.3, -0.25) is 14.5 Å². The molecule has 0 spiro atoms. The molecule has 0 saturated carbocycles. The van der Waals surface area contributed by atoms with Crippen molar-refractivity contribution < 1.29 is 19.1 Å². The molecule has 2 aromatic rings.